The maximum Gasteiger partial charge on any atom is 0.276 e. The second-order valence-electron chi connectivity index (χ2n) is 5.20. The van der Waals surface area contributed by atoms with E-state index in [9.17, 15) is 4.79 Å². The number of rotatable bonds is 6. The predicted molar refractivity (Wildman–Crippen MR) is 94.1 cm³/mol. The lowest BCUT2D eigenvalue weighted by molar-refractivity contribution is 0.0944. The van der Waals surface area contributed by atoms with Crippen molar-refractivity contribution in [2.75, 3.05) is 12.8 Å². The van der Waals surface area contributed by atoms with Crippen molar-refractivity contribution in [3.05, 3.63) is 58.1 Å². The Labute approximate surface area is 152 Å². The number of halogens is 1. The molecular weight excluding hydrogens is 390 g/mol. The van der Waals surface area contributed by atoms with Crippen LogP contribution in [0.15, 0.2) is 45.5 Å². The zero-order valence-electron chi connectivity index (χ0n) is 13.4. The molecule has 0 radical (unpaired) electrons. The summed E-state index contributed by atoms with van der Waals surface area (Å²) in [6.45, 7) is 0.574. The summed E-state index contributed by atoms with van der Waals surface area (Å²) in [5, 5.41) is 10.5. The molecule has 0 aliphatic rings. The number of ether oxygens (including phenoxy) is 1. The summed E-state index contributed by atoms with van der Waals surface area (Å²) < 4.78 is 12.9. The molecular formula is C16H16BrN5O3. The largest absolute Gasteiger partial charge is 0.496 e. The quantitative estimate of drug-likeness (QED) is 0.650. The van der Waals surface area contributed by atoms with Gasteiger partial charge in [-0.25, -0.2) is 4.68 Å². The lowest BCUT2D eigenvalue weighted by atomic mass is 10.2. The first-order valence-corrected chi connectivity index (χ1v) is 8.19. The van der Waals surface area contributed by atoms with E-state index in [0.29, 0.717) is 18.1 Å². The van der Waals surface area contributed by atoms with Crippen LogP contribution in [0.2, 0.25) is 0 Å². The summed E-state index contributed by atoms with van der Waals surface area (Å²) in [4.78, 5) is 12.2. The number of hydrogen-bond acceptors (Lipinski definition) is 6. The van der Waals surface area contributed by atoms with Crippen molar-refractivity contribution in [1.82, 2.24) is 20.3 Å². The predicted octanol–water partition coefficient (Wildman–Crippen LogP) is 2.20. The van der Waals surface area contributed by atoms with Crippen molar-refractivity contribution in [1.29, 1.82) is 0 Å². The van der Waals surface area contributed by atoms with Crippen LogP contribution in [0, 0.1) is 0 Å². The number of hydrogen-bond donors (Lipinski definition) is 2. The highest BCUT2D eigenvalue weighted by Gasteiger charge is 2.18. The molecule has 9 heteroatoms. The number of carbonyl (C=O) groups excluding carboxylic acids is 1. The average Bonchev–Trinajstić information content (AvgIpc) is 3.24. The Kier molecular flexibility index (Phi) is 5.03. The maximum absolute atomic E-state index is 12.2. The van der Waals surface area contributed by atoms with Crippen molar-refractivity contribution in [2.24, 2.45) is 0 Å². The highest BCUT2D eigenvalue weighted by atomic mass is 79.9. The Hall–Kier alpha value is -2.81. The van der Waals surface area contributed by atoms with E-state index in [4.69, 9.17) is 14.9 Å². The lowest BCUT2D eigenvalue weighted by Crippen LogP contribution is -2.24. The van der Waals surface area contributed by atoms with Gasteiger partial charge in [0.25, 0.3) is 5.91 Å². The molecule has 0 aliphatic carbocycles. The molecule has 130 valence electrons. The van der Waals surface area contributed by atoms with Gasteiger partial charge in [-0.1, -0.05) is 21.1 Å². The fourth-order valence-electron chi connectivity index (χ4n) is 2.30. The SMILES string of the molecule is COc1ccc(Br)cc1Cn1nnc(C(=O)NCc2ccco2)c1N. The molecule has 0 fully saturated rings. The molecule has 3 N–H and O–H groups in total. The molecule has 3 rings (SSSR count). The highest BCUT2D eigenvalue weighted by Crippen LogP contribution is 2.24. The van der Waals surface area contributed by atoms with Gasteiger partial charge in [0.2, 0.25) is 0 Å². The Morgan fingerprint density at radius 1 is 1.44 bits per heavy atom. The number of aromatic nitrogens is 3. The van der Waals surface area contributed by atoms with Gasteiger partial charge in [-0.15, -0.1) is 5.10 Å². The van der Waals surface area contributed by atoms with E-state index < -0.39 is 5.91 Å². The topological polar surface area (TPSA) is 108 Å². The van der Waals surface area contributed by atoms with Gasteiger partial charge in [-0.3, -0.25) is 4.79 Å². The summed E-state index contributed by atoms with van der Waals surface area (Å²) in [5.41, 5.74) is 6.96. The number of nitrogens with zero attached hydrogens (tertiary/aromatic N) is 3. The summed E-state index contributed by atoms with van der Waals surface area (Å²) >= 11 is 3.42. The number of benzene rings is 1. The van der Waals surface area contributed by atoms with Gasteiger partial charge < -0.3 is 20.2 Å². The molecule has 0 saturated heterocycles. The molecule has 0 unspecified atom stereocenters. The van der Waals surface area contributed by atoms with Crippen LogP contribution in [0.5, 0.6) is 5.75 Å². The van der Waals surface area contributed by atoms with Gasteiger partial charge in [0, 0.05) is 10.0 Å². The van der Waals surface area contributed by atoms with Gasteiger partial charge in [0.1, 0.15) is 11.5 Å². The zero-order chi connectivity index (χ0) is 17.8. The summed E-state index contributed by atoms with van der Waals surface area (Å²) in [6, 6.07) is 9.12. The van der Waals surface area contributed by atoms with Crippen LogP contribution in [0.25, 0.3) is 0 Å². The molecule has 0 atom stereocenters. The zero-order valence-corrected chi connectivity index (χ0v) is 15.0. The number of nitrogens with two attached hydrogens (primary N) is 1. The molecule has 0 bridgehead atoms. The molecule has 0 saturated carbocycles. The summed E-state index contributed by atoms with van der Waals surface area (Å²) in [7, 11) is 1.59. The van der Waals surface area contributed by atoms with Gasteiger partial charge in [-0.2, -0.15) is 0 Å². The first kappa shape index (κ1) is 17.0. The number of nitrogens with one attached hydrogen (secondary N) is 1. The van der Waals surface area contributed by atoms with Crippen molar-refractivity contribution < 1.29 is 13.9 Å². The normalized spacial score (nSPS) is 10.6. The molecule has 2 heterocycles. The summed E-state index contributed by atoms with van der Waals surface area (Å²) in [6.07, 6.45) is 1.54. The third-order valence-electron chi connectivity index (χ3n) is 3.55. The second kappa shape index (κ2) is 7.39. The minimum Gasteiger partial charge on any atom is -0.496 e. The van der Waals surface area contributed by atoms with Gasteiger partial charge >= 0.3 is 0 Å². The number of carbonyl (C=O) groups is 1. The first-order chi connectivity index (χ1) is 12.1. The minimum atomic E-state index is -0.415. The van der Waals surface area contributed by atoms with Gasteiger partial charge in [-0.05, 0) is 30.3 Å². The van der Waals surface area contributed by atoms with E-state index in [1.165, 1.54) is 10.9 Å². The molecule has 3 aromatic rings. The minimum absolute atomic E-state index is 0.0699. The Morgan fingerprint density at radius 3 is 3.00 bits per heavy atom. The first-order valence-electron chi connectivity index (χ1n) is 7.40. The Bertz CT molecular complexity index is 876. The smallest absolute Gasteiger partial charge is 0.276 e. The standard InChI is InChI=1S/C16H16BrN5O3/c1-24-13-5-4-11(17)7-10(13)9-22-15(18)14(20-21-22)16(23)19-8-12-3-2-6-25-12/h2-7H,8-9,18H2,1H3,(H,19,23). The molecule has 1 amide bonds. The average molecular weight is 406 g/mol. The third-order valence-corrected chi connectivity index (χ3v) is 4.05. The van der Waals surface area contributed by atoms with Crippen LogP contribution in [0.1, 0.15) is 21.8 Å². The number of anilines is 1. The van der Waals surface area contributed by atoms with Crippen molar-refractivity contribution in [3.63, 3.8) is 0 Å². The van der Waals surface area contributed by atoms with E-state index >= 15 is 0 Å². The van der Waals surface area contributed by atoms with Gasteiger partial charge in [0.15, 0.2) is 11.5 Å². The number of amides is 1. The van der Waals surface area contributed by atoms with Gasteiger partial charge in [0.05, 0.1) is 26.5 Å². The Morgan fingerprint density at radius 2 is 2.28 bits per heavy atom. The molecule has 1 aromatic carbocycles. The second-order valence-corrected chi connectivity index (χ2v) is 6.11. The number of nitrogen functional groups attached to an aromatic ring is 1. The van der Waals surface area contributed by atoms with E-state index in [1.807, 2.05) is 18.2 Å². The van der Waals surface area contributed by atoms with Crippen LogP contribution >= 0.6 is 15.9 Å². The molecule has 25 heavy (non-hydrogen) atoms. The van der Waals surface area contributed by atoms with Crippen LogP contribution in [0.4, 0.5) is 5.82 Å². The van der Waals surface area contributed by atoms with Crippen molar-refractivity contribution >= 4 is 27.7 Å². The summed E-state index contributed by atoms with van der Waals surface area (Å²) in [5.74, 6) is 1.10. The van der Waals surface area contributed by atoms with Crippen LogP contribution < -0.4 is 15.8 Å². The molecule has 2 aromatic heterocycles. The molecule has 8 nitrogen and oxygen atoms in total. The lowest BCUT2D eigenvalue weighted by Gasteiger charge is -2.09. The van der Waals surface area contributed by atoms with Crippen molar-refractivity contribution in [2.45, 2.75) is 13.1 Å². The third kappa shape index (κ3) is 3.82. The fourth-order valence-corrected chi connectivity index (χ4v) is 2.70. The van der Waals surface area contributed by atoms with E-state index in [0.717, 1.165) is 10.0 Å². The van der Waals surface area contributed by atoms with Crippen LogP contribution in [0.3, 0.4) is 0 Å². The van der Waals surface area contributed by atoms with Crippen molar-refractivity contribution in [3.8, 4) is 5.75 Å². The number of furan rings is 1. The van der Waals surface area contributed by atoms with E-state index in [2.05, 4.69) is 31.6 Å². The van der Waals surface area contributed by atoms with Crippen LogP contribution in [-0.2, 0) is 13.1 Å². The van der Waals surface area contributed by atoms with E-state index in [-0.39, 0.29) is 18.1 Å². The molecule has 0 spiro atoms. The van der Waals surface area contributed by atoms with Crippen LogP contribution in [-0.4, -0.2) is 28.0 Å². The monoisotopic (exact) mass is 405 g/mol. The van der Waals surface area contributed by atoms with E-state index in [1.54, 1.807) is 19.2 Å². The number of methoxy groups -OCH3 is 1. The Balaban J connectivity index is 1.75. The highest BCUT2D eigenvalue weighted by molar-refractivity contribution is 9.10. The fraction of sp³-hybridized carbons (Fsp3) is 0.188. The molecule has 0 aliphatic heterocycles. The maximum atomic E-state index is 12.2.